The minimum absolute atomic E-state index is 0.0172. The second-order valence-electron chi connectivity index (χ2n) is 5.05. The Morgan fingerprint density at radius 2 is 2.15 bits per heavy atom. The predicted molar refractivity (Wildman–Crippen MR) is 74.8 cm³/mol. The Balaban J connectivity index is 2.51. The number of nitrogens with one attached hydrogen (secondary N) is 1. The summed E-state index contributed by atoms with van der Waals surface area (Å²) in [4.78, 5) is 14.1. The van der Waals surface area contributed by atoms with Crippen LogP contribution >= 0.6 is 0 Å². The van der Waals surface area contributed by atoms with Crippen LogP contribution in [0.25, 0.3) is 0 Å². The molecule has 7 heteroatoms. The SMILES string of the molecule is Cc1ccc(OCC(O)CNCC(C)C)c([N+](=O)[O-])n1. The lowest BCUT2D eigenvalue weighted by molar-refractivity contribution is -0.390. The second-order valence-corrected chi connectivity index (χ2v) is 5.05. The largest absolute Gasteiger partial charge is 0.483 e. The molecule has 0 spiro atoms. The molecule has 0 aliphatic rings. The zero-order valence-corrected chi connectivity index (χ0v) is 12.0. The second kappa shape index (κ2) is 7.76. The van der Waals surface area contributed by atoms with E-state index in [9.17, 15) is 15.2 Å². The number of pyridine rings is 1. The van der Waals surface area contributed by atoms with Gasteiger partial charge >= 0.3 is 5.82 Å². The molecule has 2 N–H and O–H groups in total. The Morgan fingerprint density at radius 1 is 1.45 bits per heavy atom. The molecule has 0 radical (unpaired) electrons. The van der Waals surface area contributed by atoms with Crippen LogP contribution < -0.4 is 10.1 Å². The van der Waals surface area contributed by atoms with Crippen molar-refractivity contribution in [3.05, 3.63) is 27.9 Å². The molecule has 0 amide bonds. The van der Waals surface area contributed by atoms with Crippen LogP contribution in [-0.2, 0) is 0 Å². The molecular weight excluding hydrogens is 262 g/mol. The van der Waals surface area contributed by atoms with Crippen molar-refractivity contribution in [1.29, 1.82) is 0 Å². The smallest absolute Gasteiger partial charge is 0.406 e. The van der Waals surface area contributed by atoms with E-state index in [0.717, 1.165) is 6.54 Å². The molecule has 1 aromatic rings. The first-order valence-corrected chi connectivity index (χ1v) is 6.53. The molecule has 7 nitrogen and oxygen atoms in total. The van der Waals surface area contributed by atoms with Gasteiger partial charge in [-0.3, -0.25) is 0 Å². The van der Waals surface area contributed by atoms with Crippen LogP contribution in [0.4, 0.5) is 5.82 Å². The maximum Gasteiger partial charge on any atom is 0.406 e. The van der Waals surface area contributed by atoms with Gasteiger partial charge in [0.15, 0.2) is 0 Å². The number of ether oxygens (including phenoxy) is 1. The molecule has 0 bridgehead atoms. The van der Waals surface area contributed by atoms with Crippen molar-refractivity contribution in [3.8, 4) is 5.75 Å². The normalized spacial score (nSPS) is 12.4. The number of rotatable bonds is 8. The van der Waals surface area contributed by atoms with Crippen LogP contribution in [0.1, 0.15) is 19.5 Å². The third-order valence-corrected chi connectivity index (χ3v) is 2.52. The van der Waals surface area contributed by atoms with Crippen molar-refractivity contribution in [1.82, 2.24) is 10.3 Å². The molecule has 1 heterocycles. The Bertz CT molecular complexity index is 451. The maximum atomic E-state index is 10.9. The van der Waals surface area contributed by atoms with Crippen LogP contribution in [0.15, 0.2) is 12.1 Å². The Morgan fingerprint density at radius 3 is 2.75 bits per heavy atom. The predicted octanol–water partition coefficient (Wildman–Crippen LogP) is 1.28. The summed E-state index contributed by atoms with van der Waals surface area (Å²) >= 11 is 0. The van der Waals surface area contributed by atoms with Crippen LogP contribution in [0, 0.1) is 23.0 Å². The lowest BCUT2D eigenvalue weighted by Crippen LogP contribution is -2.33. The Labute approximate surface area is 118 Å². The molecule has 1 unspecified atom stereocenters. The number of aliphatic hydroxyl groups excluding tert-OH is 1. The number of aryl methyl sites for hydroxylation is 1. The summed E-state index contributed by atoms with van der Waals surface area (Å²) in [6, 6.07) is 3.13. The Kier molecular flexibility index (Phi) is 6.33. The summed E-state index contributed by atoms with van der Waals surface area (Å²) in [7, 11) is 0. The molecule has 112 valence electrons. The summed E-state index contributed by atoms with van der Waals surface area (Å²) in [5.74, 6) is 0.237. The molecule has 0 aromatic carbocycles. The van der Waals surface area contributed by atoms with E-state index in [-0.39, 0.29) is 18.2 Å². The molecule has 0 aliphatic carbocycles. The van der Waals surface area contributed by atoms with E-state index in [1.807, 2.05) is 0 Å². The molecule has 1 atom stereocenters. The molecular formula is C13H21N3O4. The van der Waals surface area contributed by atoms with Crippen LogP contribution in [0.2, 0.25) is 0 Å². The van der Waals surface area contributed by atoms with E-state index >= 15 is 0 Å². The number of aliphatic hydroxyl groups is 1. The monoisotopic (exact) mass is 283 g/mol. The van der Waals surface area contributed by atoms with E-state index in [0.29, 0.717) is 18.2 Å². The Hall–Kier alpha value is -1.73. The number of nitrogens with zero attached hydrogens (tertiary/aromatic N) is 2. The molecule has 0 saturated heterocycles. The summed E-state index contributed by atoms with van der Waals surface area (Å²) < 4.78 is 5.28. The fraction of sp³-hybridized carbons (Fsp3) is 0.615. The van der Waals surface area contributed by atoms with Gasteiger partial charge in [-0.1, -0.05) is 13.8 Å². The van der Waals surface area contributed by atoms with E-state index in [1.165, 1.54) is 6.07 Å². The van der Waals surface area contributed by atoms with Crippen molar-refractivity contribution in [3.63, 3.8) is 0 Å². The van der Waals surface area contributed by atoms with Gasteiger partial charge in [0, 0.05) is 13.5 Å². The number of hydrogen-bond donors (Lipinski definition) is 2. The zero-order chi connectivity index (χ0) is 15.1. The molecule has 0 saturated carbocycles. The molecule has 1 aromatic heterocycles. The minimum atomic E-state index is -0.727. The van der Waals surface area contributed by atoms with Crippen molar-refractivity contribution in [2.24, 2.45) is 5.92 Å². The zero-order valence-electron chi connectivity index (χ0n) is 12.0. The van der Waals surface area contributed by atoms with E-state index in [2.05, 4.69) is 24.1 Å². The summed E-state index contributed by atoms with van der Waals surface area (Å²) in [6.07, 6.45) is -0.727. The summed E-state index contributed by atoms with van der Waals surface area (Å²) in [6.45, 7) is 6.96. The van der Waals surface area contributed by atoms with Gasteiger partial charge in [0.05, 0.1) is 0 Å². The third kappa shape index (κ3) is 5.50. The van der Waals surface area contributed by atoms with Crippen molar-refractivity contribution in [2.75, 3.05) is 19.7 Å². The first-order chi connectivity index (χ1) is 9.40. The minimum Gasteiger partial charge on any atom is -0.483 e. The fourth-order valence-electron chi connectivity index (χ4n) is 1.56. The van der Waals surface area contributed by atoms with Gasteiger partial charge < -0.3 is 25.3 Å². The quantitative estimate of drug-likeness (QED) is 0.551. The number of nitro groups is 1. The highest BCUT2D eigenvalue weighted by molar-refractivity contribution is 5.40. The van der Waals surface area contributed by atoms with E-state index < -0.39 is 11.0 Å². The van der Waals surface area contributed by atoms with E-state index in [4.69, 9.17) is 4.74 Å². The molecule has 1 rings (SSSR count). The summed E-state index contributed by atoms with van der Waals surface area (Å²) in [5.41, 5.74) is 0.545. The molecule has 0 fully saturated rings. The van der Waals surface area contributed by atoms with Gasteiger partial charge in [-0.05, 0) is 34.5 Å². The number of hydrogen-bond acceptors (Lipinski definition) is 6. The lowest BCUT2D eigenvalue weighted by atomic mass is 10.2. The first-order valence-electron chi connectivity index (χ1n) is 6.53. The third-order valence-electron chi connectivity index (χ3n) is 2.52. The van der Waals surface area contributed by atoms with Crippen LogP contribution in [0.3, 0.4) is 0 Å². The maximum absolute atomic E-state index is 10.9. The first kappa shape index (κ1) is 16.3. The topological polar surface area (TPSA) is 97.5 Å². The van der Waals surface area contributed by atoms with Gasteiger partial charge in [0.2, 0.25) is 5.75 Å². The fourth-order valence-corrected chi connectivity index (χ4v) is 1.56. The van der Waals surface area contributed by atoms with Crippen LogP contribution in [0.5, 0.6) is 5.75 Å². The standard InChI is InChI=1S/C13H21N3O4/c1-9(2)6-14-7-11(17)8-20-12-5-4-10(3)15-13(12)16(18)19/h4-5,9,11,14,17H,6-8H2,1-3H3. The van der Waals surface area contributed by atoms with Crippen molar-refractivity contribution >= 4 is 5.82 Å². The molecule has 20 heavy (non-hydrogen) atoms. The van der Waals surface area contributed by atoms with Gasteiger partial charge in [0.1, 0.15) is 18.4 Å². The van der Waals surface area contributed by atoms with Gasteiger partial charge in [0.25, 0.3) is 0 Å². The van der Waals surface area contributed by atoms with Crippen molar-refractivity contribution in [2.45, 2.75) is 26.9 Å². The van der Waals surface area contributed by atoms with Crippen LogP contribution in [-0.4, -0.2) is 40.8 Å². The highest BCUT2D eigenvalue weighted by Gasteiger charge is 2.18. The average molecular weight is 283 g/mol. The van der Waals surface area contributed by atoms with Crippen molar-refractivity contribution < 1.29 is 14.8 Å². The average Bonchev–Trinajstić information content (AvgIpc) is 2.36. The highest BCUT2D eigenvalue weighted by Crippen LogP contribution is 2.24. The number of aromatic nitrogens is 1. The lowest BCUT2D eigenvalue weighted by Gasteiger charge is -2.14. The van der Waals surface area contributed by atoms with Gasteiger partial charge in [-0.2, -0.15) is 0 Å². The van der Waals surface area contributed by atoms with Gasteiger partial charge in [-0.25, -0.2) is 0 Å². The van der Waals surface area contributed by atoms with E-state index in [1.54, 1.807) is 13.0 Å². The van der Waals surface area contributed by atoms with Gasteiger partial charge in [-0.15, -0.1) is 0 Å². The summed E-state index contributed by atoms with van der Waals surface area (Å²) in [5, 5.41) is 23.7. The molecule has 0 aliphatic heterocycles. The highest BCUT2D eigenvalue weighted by atomic mass is 16.6.